The second-order valence-electron chi connectivity index (χ2n) is 11.0. The van der Waals surface area contributed by atoms with Gasteiger partial charge in [0.1, 0.15) is 11.2 Å². The van der Waals surface area contributed by atoms with E-state index in [2.05, 4.69) is 158 Å². The van der Waals surface area contributed by atoms with Gasteiger partial charge >= 0.3 is 0 Å². The molecule has 42 heavy (non-hydrogen) atoms. The lowest BCUT2D eigenvalue weighted by atomic mass is 9.93. The van der Waals surface area contributed by atoms with Gasteiger partial charge in [-0.25, -0.2) is 0 Å². The summed E-state index contributed by atoms with van der Waals surface area (Å²) in [5, 5.41) is 4.66. The molecule has 198 valence electrons. The molecule has 0 unspecified atom stereocenters. The first kappa shape index (κ1) is 24.4. The number of rotatable bonds is 5. The van der Waals surface area contributed by atoms with Crippen molar-refractivity contribution in [3.63, 3.8) is 0 Å². The largest absolute Gasteiger partial charge is 0.455 e. The first-order valence-electron chi connectivity index (χ1n) is 14.5. The van der Waals surface area contributed by atoms with Crippen LogP contribution in [0.5, 0.6) is 0 Å². The molecule has 0 aliphatic rings. The summed E-state index contributed by atoms with van der Waals surface area (Å²) in [6, 6.07) is 56.5. The van der Waals surface area contributed by atoms with Gasteiger partial charge in [0, 0.05) is 16.2 Å². The highest BCUT2D eigenvalue weighted by atomic mass is 16.3. The number of hydrogen-bond acceptors (Lipinski definition) is 1. The van der Waals surface area contributed by atoms with Crippen molar-refractivity contribution in [2.24, 2.45) is 0 Å². The molecule has 0 atom stereocenters. The Morgan fingerprint density at radius 2 is 1.02 bits per heavy atom. The maximum Gasteiger partial charge on any atom is 0.143 e. The Morgan fingerprint density at radius 1 is 0.405 bits per heavy atom. The van der Waals surface area contributed by atoms with Crippen LogP contribution in [0.3, 0.4) is 0 Å². The number of benzene rings is 7. The van der Waals surface area contributed by atoms with E-state index in [0.29, 0.717) is 0 Å². The first-order chi connectivity index (χ1) is 20.8. The van der Waals surface area contributed by atoms with Gasteiger partial charge in [0.15, 0.2) is 0 Å². The van der Waals surface area contributed by atoms with Crippen LogP contribution in [0.2, 0.25) is 0 Å². The van der Waals surface area contributed by atoms with Gasteiger partial charge in [-0.3, -0.25) is 0 Å². The van der Waals surface area contributed by atoms with Crippen LogP contribution in [-0.4, -0.2) is 0 Å². The van der Waals surface area contributed by atoms with Crippen molar-refractivity contribution < 1.29 is 4.42 Å². The van der Waals surface area contributed by atoms with Crippen LogP contribution >= 0.6 is 0 Å². The Hall–Kier alpha value is -5.40. The van der Waals surface area contributed by atoms with Crippen molar-refractivity contribution in [3.05, 3.63) is 169 Å². The summed E-state index contributed by atoms with van der Waals surface area (Å²) >= 11 is 0. The van der Waals surface area contributed by atoms with Gasteiger partial charge in [0.2, 0.25) is 0 Å². The number of furan rings is 1. The molecule has 0 saturated heterocycles. The molecule has 1 aromatic heterocycles. The SMILES string of the molecule is c1ccc(Cc2cccc(-c3cccc(-c4cccc(-c5cccc6oc7c8ccccc8ccc7c56)c4)c3)c2)cc1. The van der Waals surface area contributed by atoms with Gasteiger partial charge in [0.05, 0.1) is 0 Å². The summed E-state index contributed by atoms with van der Waals surface area (Å²) < 4.78 is 6.45. The molecule has 0 radical (unpaired) electrons. The van der Waals surface area contributed by atoms with Crippen molar-refractivity contribution in [1.82, 2.24) is 0 Å². The van der Waals surface area contributed by atoms with Crippen LogP contribution in [0.15, 0.2) is 162 Å². The van der Waals surface area contributed by atoms with E-state index in [1.165, 1.54) is 55.3 Å². The third-order valence-electron chi connectivity index (χ3n) is 8.27. The summed E-state index contributed by atoms with van der Waals surface area (Å²) in [5.74, 6) is 0. The van der Waals surface area contributed by atoms with Crippen LogP contribution in [0.25, 0.3) is 66.1 Å². The Bertz CT molecular complexity index is 2220. The summed E-state index contributed by atoms with van der Waals surface area (Å²) in [7, 11) is 0. The molecule has 1 heterocycles. The molecule has 8 rings (SSSR count). The lowest BCUT2D eigenvalue weighted by Gasteiger charge is -2.10. The Kier molecular flexibility index (Phi) is 5.93. The van der Waals surface area contributed by atoms with Gasteiger partial charge in [-0.2, -0.15) is 0 Å². The third-order valence-corrected chi connectivity index (χ3v) is 8.27. The fourth-order valence-electron chi connectivity index (χ4n) is 6.23. The maximum absolute atomic E-state index is 6.45. The minimum atomic E-state index is 0.918. The molecule has 0 aliphatic heterocycles. The van der Waals surface area contributed by atoms with Crippen molar-refractivity contribution >= 4 is 32.7 Å². The Morgan fingerprint density at radius 3 is 1.83 bits per heavy atom. The average Bonchev–Trinajstić information content (AvgIpc) is 3.45. The van der Waals surface area contributed by atoms with E-state index >= 15 is 0 Å². The summed E-state index contributed by atoms with van der Waals surface area (Å²) in [6.07, 6.45) is 0.931. The predicted octanol–water partition coefficient (Wildman–Crippen LogP) is 11.3. The highest BCUT2D eigenvalue weighted by Crippen LogP contribution is 2.40. The highest BCUT2D eigenvalue weighted by Gasteiger charge is 2.15. The minimum Gasteiger partial charge on any atom is -0.455 e. The molecule has 0 saturated carbocycles. The fourth-order valence-corrected chi connectivity index (χ4v) is 6.23. The first-order valence-corrected chi connectivity index (χ1v) is 14.5. The zero-order chi connectivity index (χ0) is 27.9. The molecule has 0 aliphatic carbocycles. The number of fused-ring (bicyclic) bond motifs is 5. The molecular weight excluding hydrogens is 508 g/mol. The lowest BCUT2D eigenvalue weighted by molar-refractivity contribution is 0.673. The van der Waals surface area contributed by atoms with Gasteiger partial charge < -0.3 is 4.42 Å². The van der Waals surface area contributed by atoms with Crippen LogP contribution in [-0.2, 0) is 6.42 Å². The van der Waals surface area contributed by atoms with E-state index < -0.39 is 0 Å². The van der Waals surface area contributed by atoms with Gasteiger partial charge in [-0.1, -0.05) is 133 Å². The lowest BCUT2D eigenvalue weighted by Crippen LogP contribution is -1.89. The average molecular weight is 537 g/mol. The minimum absolute atomic E-state index is 0.918. The standard InChI is InChI=1S/C41H28O/c1-2-10-28(11-3-1)24-29-12-6-14-31(25-29)32-15-7-16-33(26-32)34-17-8-18-35(27-34)36-20-9-21-39-40(36)38-23-22-30-13-4-5-19-37(30)41(38)42-39/h1-23,25-27H,24H2. The zero-order valence-corrected chi connectivity index (χ0v) is 23.1. The van der Waals surface area contributed by atoms with Crippen LogP contribution in [0, 0.1) is 0 Å². The van der Waals surface area contributed by atoms with Crippen molar-refractivity contribution in [1.29, 1.82) is 0 Å². The van der Waals surface area contributed by atoms with Crippen LogP contribution in [0.1, 0.15) is 11.1 Å². The van der Waals surface area contributed by atoms with E-state index in [0.717, 1.165) is 28.4 Å². The second-order valence-corrected chi connectivity index (χ2v) is 11.0. The van der Waals surface area contributed by atoms with Crippen molar-refractivity contribution in [2.75, 3.05) is 0 Å². The fraction of sp³-hybridized carbons (Fsp3) is 0.0244. The molecule has 7 aromatic carbocycles. The van der Waals surface area contributed by atoms with E-state index in [1.807, 2.05) is 0 Å². The second kappa shape index (κ2) is 10.2. The zero-order valence-electron chi connectivity index (χ0n) is 23.1. The third kappa shape index (κ3) is 4.36. The molecule has 0 fully saturated rings. The van der Waals surface area contributed by atoms with Crippen LogP contribution in [0.4, 0.5) is 0 Å². The topological polar surface area (TPSA) is 13.1 Å². The summed E-state index contributed by atoms with van der Waals surface area (Å²) in [4.78, 5) is 0. The molecule has 0 N–H and O–H groups in total. The highest BCUT2D eigenvalue weighted by molar-refractivity contribution is 6.19. The molecule has 8 aromatic rings. The smallest absolute Gasteiger partial charge is 0.143 e. The Labute approximate surface area is 245 Å². The molecule has 0 amide bonds. The monoisotopic (exact) mass is 536 g/mol. The van der Waals surface area contributed by atoms with E-state index in [1.54, 1.807) is 0 Å². The Balaban J connectivity index is 1.18. The van der Waals surface area contributed by atoms with Gasteiger partial charge in [-0.15, -0.1) is 0 Å². The van der Waals surface area contributed by atoms with Crippen molar-refractivity contribution in [3.8, 4) is 33.4 Å². The summed E-state index contributed by atoms with van der Waals surface area (Å²) in [6.45, 7) is 0. The number of hydrogen-bond donors (Lipinski definition) is 0. The van der Waals surface area contributed by atoms with E-state index in [9.17, 15) is 0 Å². The molecule has 1 nitrogen and oxygen atoms in total. The molecule has 0 bridgehead atoms. The molecule has 0 spiro atoms. The maximum atomic E-state index is 6.45. The normalized spacial score (nSPS) is 11.4. The van der Waals surface area contributed by atoms with Crippen LogP contribution < -0.4 is 0 Å². The van der Waals surface area contributed by atoms with Gasteiger partial charge in [0.25, 0.3) is 0 Å². The van der Waals surface area contributed by atoms with Gasteiger partial charge in [-0.05, 0) is 80.6 Å². The summed E-state index contributed by atoms with van der Waals surface area (Å²) in [5.41, 5.74) is 11.8. The molecule has 1 heteroatoms. The predicted molar refractivity (Wildman–Crippen MR) is 177 cm³/mol. The quantitative estimate of drug-likeness (QED) is 0.213. The van der Waals surface area contributed by atoms with E-state index in [-0.39, 0.29) is 0 Å². The van der Waals surface area contributed by atoms with Crippen molar-refractivity contribution in [2.45, 2.75) is 6.42 Å². The van der Waals surface area contributed by atoms with E-state index in [4.69, 9.17) is 4.42 Å². The molecular formula is C41H28O.